The SMILES string of the molecule is O=C(c1ncccc1C(F)(F)F)C1CC2CCCC(C1)N2C(=O)OCC1c2ccccc2-c2ccccc21. The number of alkyl halides is 3. The maximum absolute atomic E-state index is 13.5. The van der Waals surface area contributed by atoms with E-state index >= 15 is 0 Å². The zero-order chi connectivity index (χ0) is 26.4. The van der Waals surface area contributed by atoms with Crippen molar-refractivity contribution < 1.29 is 27.5 Å². The Labute approximate surface area is 218 Å². The molecule has 2 aromatic carbocycles. The van der Waals surface area contributed by atoms with Crippen LogP contribution in [0.3, 0.4) is 0 Å². The minimum absolute atomic E-state index is 0.0600. The van der Waals surface area contributed by atoms with Crippen LogP contribution in [0.15, 0.2) is 66.9 Å². The first-order chi connectivity index (χ1) is 18.3. The Morgan fingerprint density at radius 3 is 2.11 bits per heavy atom. The summed E-state index contributed by atoms with van der Waals surface area (Å²) in [6.07, 6.45) is -0.938. The first-order valence-electron chi connectivity index (χ1n) is 13.0. The molecule has 0 saturated carbocycles. The van der Waals surface area contributed by atoms with Crippen molar-refractivity contribution in [3.63, 3.8) is 0 Å². The fourth-order valence-corrected chi connectivity index (χ4v) is 6.59. The molecular weight excluding hydrogens is 493 g/mol. The number of piperidine rings is 2. The minimum Gasteiger partial charge on any atom is -0.448 e. The van der Waals surface area contributed by atoms with Gasteiger partial charge < -0.3 is 9.64 Å². The summed E-state index contributed by atoms with van der Waals surface area (Å²) in [7, 11) is 0. The molecule has 1 aliphatic carbocycles. The van der Waals surface area contributed by atoms with Crippen molar-refractivity contribution in [1.29, 1.82) is 0 Å². The lowest BCUT2D eigenvalue weighted by Crippen LogP contribution is -2.56. The van der Waals surface area contributed by atoms with Crippen LogP contribution >= 0.6 is 0 Å². The van der Waals surface area contributed by atoms with Crippen LogP contribution in [-0.4, -0.2) is 40.5 Å². The molecule has 8 heteroatoms. The zero-order valence-electron chi connectivity index (χ0n) is 20.7. The molecule has 3 heterocycles. The number of aromatic nitrogens is 1. The number of hydrogen-bond donors (Lipinski definition) is 0. The number of ketones is 1. The number of carbonyl (C=O) groups excluding carboxylic acids is 2. The lowest BCUT2D eigenvalue weighted by Gasteiger charge is -2.47. The van der Waals surface area contributed by atoms with Gasteiger partial charge in [0.2, 0.25) is 0 Å². The average molecular weight is 521 g/mol. The van der Waals surface area contributed by atoms with Crippen molar-refractivity contribution in [3.05, 3.63) is 89.2 Å². The van der Waals surface area contributed by atoms with E-state index in [9.17, 15) is 22.8 Å². The number of fused-ring (bicyclic) bond motifs is 5. The Bertz CT molecular complexity index is 1330. The third kappa shape index (κ3) is 4.25. The Morgan fingerprint density at radius 1 is 0.895 bits per heavy atom. The van der Waals surface area contributed by atoms with Gasteiger partial charge in [-0.05, 0) is 66.5 Å². The van der Waals surface area contributed by atoms with Crippen molar-refractivity contribution >= 4 is 11.9 Å². The molecule has 38 heavy (non-hydrogen) atoms. The lowest BCUT2D eigenvalue weighted by atomic mass is 9.76. The number of ether oxygens (including phenoxy) is 1. The molecule has 0 N–H and O–H groups in total. The highest BCUT2D eigenvalue weighted by Crippen LogP contribution is 2.45. The van der Waals surface area contributed by atoms with Gasteiger partial charge in [0, 0.05) is 30.1 Å². The van der Waals surface area contributed by atoms with Gasteiger partial charge in [0.05, 0.1) is 5.56 Å². The van der Waals surface area contributed by atoms with Gasteiger partial charge in [0.25, 0.3) is 0 Å². The normalized spacial score (nSPS) is 22.5. The number of Topliss-reactive ketones (excluding diaryl/α,β-unsaturated/α-hetero) is 1. The minimum atomic E-state index is -4.66. The van der Waals surface area contributed by atoms with Crippen molar-refractivity contribution in [2.45, 2.75) is 56.3 Å². The second-order valence-electron chi connectivity index (χ2n) is 10.4. The molecule has 3 aliphatic rings. The van der Waals surface area contributed by atoms with Crippen LogP contribution in [-0.2, 0) is 10.9 Å². The second kappa shape index (κ2) is 9.57. The zero-order valence-corrected chi connectivity index (χ0v) is 20.7. The van der Waals surface area contributed by atoms with Gasteiger partial charge in [-0.15, -0.1) is 0 Å². The van der Waals surface area contributed by atoms with E-state index in [1.807, 2.05) is 24.3 Å². The molecule has 0 radical (unpaired) electrons. The van der Waals surface area contributed by atoms with Gasteiger partial charge in [0.1, 0.15) is 12.3 Å². The van der Waals surface area contributed by atoms with Gasteiger partial charge in [-0.3, -0.25) is 9.78 Å². The number of rotatable bonds is 4. The maximum atomic E-state index is 13.5. The Balaban J connectivity index is 1.18. The van der Waals surface area contributed by atoms with E-state index in [4.69, 9.17) is 4.74 Å². The highest BCUT2D eigenvalue weighted by Gasteiger charge is 2.46. The molecule has 5 nitrogen and oxygen atoms in total. The molecule has 2 atom stereocenters. The van der Waals surface area contributed by atoms with Gasteiger partial charge in [0.15, 0.2) is 5.78 Å². The molecule has 3 aromatic rings. The van der Waals surface area contributed by atoms with E-state index in [1.165, 1.54) is 12.3 Å². The highest BCUT2D eigenvalue weighted by molar-refractivity contribution is 5.97. The number of amides is 1. The molecule has 0 spiro atoms. The number of nitrogens with zero attached hydrogens (tertiary/aromatic N) is 2. The predicted octanol–water partition coefficient (Wildman–Crippen LogP) is 6.87. The number of hydrogen-bond acceptors (Lipinski definition) is 4. The molecule has 1 aromatic heterocycles. The van der Waals surface area contributed by atoms with Crippen molar-refractivity contribution in [2.24, 2.45) is 5.92 Å². The fourth-order valence-electron chi connectivity index (χ4n) is 6.59. The largest absolute Gasteiger partial charge is 0.448 e. The van der Waals surface area contributed by atoms with Gasteiger partial charge in [-0.2, -0.15) is 13.2 Å². The van der Waals surface area contributed by atoms with Gasteiger partial charge in [-0.25, -0.2) is 4.79 Å². The molecule has 196 valence electrons. The van der Waals surface area contributed by atoms with Crippen LogP contribution < -0.4 is 0 Å². The van der Waals surface area contributed by atoms with Crippen LogP contribution in [0, 0.1) is 5.92 Å². The number of pyridine rings is 1. The molecular formula is C30H27F3N2O3. The Morgan fingerprint density at radius 2 is 1.50 bits per heavy atom. The first-order valence-corrected chi connectivity index (χ1v) is 13.0. The van der Waals surface area contributed by atoms with E-state index in [0.717, 1.165) is 34.7 Å². The molecule has 2 unspecified atom stereocenters. The Kier molecular flexibility index (Phi) is 6.20. The van der Waals surface area contributed by atoms with Crippen molar-refractivity contribution in [2.75, 3.05) is 6.61 Å². The van der Waals surface area contributed by atoms with E-state index < -0.39 is 35.2 Å². The van der Waals surface area contributed by atoms with Crippen molar-refractivity contribution in [3.8, 4) is 11.1 Å². The maximum Gasteiger partial charge on any atom is 0.418 e. The number of halogens is 3. The fraction of sp³-hybridized carbons (Fsp3) is 0.367. The summed E-state index contributed by atoms with van der Waals surface area (Å²) in [6, 6.07) is 17.8. The van der Waals surface area contributed by atoms with Crippen LogP contribution in [0.25, 0.3) is 11.1 Å². The summed E-state index contributed by atoms with van der Waals surface area (Å²) in [5, 5.41) is 0. The highest BCUT2D eigenvalue weighted by atomic mass is 19.4. The van der Waals surface area contributed by atoms with Crippen LogP contribution in [0.2, 0.25) is 0 Å². The van der Waals surface area contributed by atoms with E-state index in [2.05, 4.69) is 29.2 Å². The van der Waals surface area contributed by atoms with Crippen molar-refractivity contribution in [1.82, 2.24) is 9.88 Å². The van der Waals surface area contributed by atoms with Crippen LogP contribution in [0.4, 0.5) is 18.0 Å². The summed E-state index contributed by atoms with van der Waals surface area (Å²) in [5.74, 6) is -1.27. The molecule has 6 rings (SSSR count). The molecule has 1 amide bonds. The monoisotopic (exact) mass is 520 g/mol. The molecule has 2 fully saturated rings. The summed E-state index contributed by atoms with van der Waals surface area (Å²) in [4.78, 5) is 32.1. The third-order valence-electron chi connectivity index (χ3n) is 8.24. The lowest BCUT2D eigenvalue weighted by molar-refractivity contribution is -0.138. The number of carbonyl (C=O) groups is 2. The van der Waals surface area contributed by atoms with Crippen LogP contribution in [0.1, 0.15) is 65.2 Å². The Hall–Kier alpha value is -3.68. The summed E-state index contributed by atoms with van der Waals surface area (Å²) in [5.41, 5.74) is 3.01. The van der Waals surface area contributed by atoms with E-state index in [-0.39, 0.29) is 24.6 Å². The van der Waals surface area contributed by atoms with Gasteiger partial charge in [-0.1, -0.05) is 48.5 Å². The molecule has 2 aliphatic heterocycles. The number of benzene rings is 2. The van der Waals surface area contributed by atoms with Crippen LogP contribution in [0.5, 0.6) is 0 Å². The smallest absolute Gasteiger partial charge is 0.418 e. The van der Waals surface area contributed by atoms with Gasteiger partial charge >= 0.3 is 12.3 Å². The summed E-state index contributed by atoms with van der Waals surface area (Å²) < 4.78 is 46.4. The standard InChI is InChI=1S/C30H27F3N2O3/c31-30(32,33)26-13-6-14-34-27(26)28(36)18-15-19-7-5-8-20(16-18)35(19)29(37)38-17-25-23-11-3-1-9-21(23)22-10-2-4-12-24(22)25/h1-4,6,9-14,18-20,25H,5,7-8,15-17H2. The molecule has 2 bridgehead atoms. The topological polar surface area (TPSA) is 59.5 Å². The average Bonchev–Trinajstić information content (AvgIpc) is 3.23. The quantitative estimate of drug-likeness (QED) is 0.353. The summed E-state index contributed by atoms with van der Waals surface area (Å²) >= 11 is 0. The second-order valence-corrected chi connectivity index (χ2v) is 10.4. The van der Waals surface area contributed by atoms with E-state index in [0.29, 0.717) is 25.7 Å². The predicted molar refractivity (Wildman–Crippen MR) is 135 cm³/mol. The first kappa shape index (κ1) is 24.6. The molecule has 2 saturated heterocycles. The summed E-state index contributed by atoms with van der Waals surface area (Å²) in [6.45, 7) is 0.202. The third-order valence-corrected chi connectivity index (χ3v) is 8.24. The van der Waals surface area contributed by atoms with E-state index in [1.54, 1.807) is 4.90 Å².